The number of esters is 2. The first kappa shape index (κ1) is 12.1. The molecule has 0 fully saturated rings. The van der Waals surface area contributed by atoms with Crippen LogP contribution in [0.5, 0.6) is 11.5 Å². The van der Waals surface area contributed by atoms with Gasteiger partial charge in [0.2, 0.25) is 0 Å². The third kappa shape index (κ3) is 2.48. The van der Waals surface area contributed by atoms with Gasteiger partial charge in [-0.05, 0) is 0 Å². The second-order valence-electron chi connectivity index (χ2n) is 3.80. The van der Waals surface area contributed by atoms with E-state index in [0.29, 0.717) is 11.5 Å². The van der Waals surface area contributed by atoms with Crippen molar-refractivity contribution < 1.29 is 19.1 Å². The number of hydrogen-bond donors (Lipinski definition) is 0. The summed E-state index contributed by atoms with van der Waals surface area (Å²) < 4.78 is 10.2. The highest BCUT2D eigenvalue weighted by molar-refractivity contribution is 5.86. The predicted molar refractivity (Wildman–Crippen MR) is 65.7 cm³/mol. The Morgan fingerprint density at radius 1 is 0.833 bits per heavy atom. The molecule has 18 heavy (non-hydrogen) atoms. The number of hydrogen-bond acceptors (Lipinski definition) is 4. The van der Waals surface area contributed by atoms with Crippen LogP contribution in [-0.2, 0) is 9.59 Å². The predicted octanol–water partition coefficient (Wildman–Crippen LogP) is 2.64. The van der Waals surface area contributed by atoms with E-state index in [9.17, 15) is 9.59 Å². The Kier molecular flexibility index (Phi) is 3.28. The molecule has 2 aliphatic rings. The third-order valence-corrected chi connectivity index (χ3v) is 2.34. The maximum atomic E-state index is 11.0. The van der Waals surface area contributed by atoms with Crippen LogP contribution in [0.4, 0.5) is 0 Å². The number of fused-ring (bicyclic) bond motifs is 1. The molecule has 92 valence electrons. The fourth-order valence-corrected chi connectivity index (χ4v) is 1.73. The molecule has 0 radical (unpaired) electrons. The summed E-state index contributed by atoms with van der Waals surface area (Å²) in [4.78, 5) is 22.1. The number of carbonyl (C=O) groups excluding carboxylic acids is 2. The molecule has 0 spiro atoms. The number of ether oxygens (including phenoxy) is 2. The zero-order valence-corrected chi connectivity index (χ0v) is 10.1. The smallest absolute Gasteiger partial charge is 0.308 e. The van der Waals surface area contributed by atoms with Crippen LogP contribution < -0.4 is 9.47 Å². The largest absolute Gasteiger partial charge is 0.426 e. The number of carbonyl (C=O) groups is 2. The molecule has 0 heterocycles. The van der Waals surface area contributed by atoms with Crippen molar-refractivity contribution in [2.75, 3.05) is 0 Å². The molecule has 0 saturated carbocycles. The van der Waals surface area contributed by atoms with Gasteiger partial charge < -0.3 is 9.47 Å². The summed E-state index contributed by atoms with van der Waals surface area (Å²) in [5, 5.41) is 0. The molecule has 2 rings (SSSR count). The molecular formula is C14H12O4. The normalized spacial score (nSPS) is 10.1. The van der Waals surface area contributed by atoms with Crippen LogP contribution >= 0.6 is 0 Å². The van der Waals surface area contributed by atoms with Gasteiger partial charge in [0.15, 0.2) is 0 Å². The molecule has 0 aromatic carbocycles. The summed E-state index contributed by atoms with van der Waals surface area (Å²) in [5.74, 6) is -0.0412. The van der Waals surface area contributed by atoms with E-state index in [1.165, 1.54) is 13.8 Å². The first-order valence-electron chi connectivity index (χ1n) is 5.46. The molecule has 0 atom stereocenters. The molecule has 0 bridgehead atoms. The molecule has 0 aromatic rings. The second-order valence-corrected chi connectivity index (χ2v) is 3.80. The lowest BCUT2D eigenvalue weighted by Crippen LogP contribution is -2.01. The topological polar surface area (TPSA) is 52.6 Å². The van der Waals surface area contributed by atoms with E-state index >= 15 is 0 Å². The second kappa shape index (κ2) is 4.87. The maximum absolute atomic E-state index is 11.0. The Labute approximate surface area is 104 Å². The van der Waals surface area contributed by atoms with Gasteiger partial charge in [-0.3, -0.25) is 9.59 Å². The summed E-state index contributed by atoms with van der Waals surface area (Å²) in [6.07, 6.45) is 0. The van der Waals surface area contributed by atoms with Crippen LogP contribution in [0.2, 0.25) is 0 Å². The summed E-state index contributed by atoms with van der Waals surface area (Å²) in [6, 6.07) is 10.7. The van der Waals surface area contributed by atoms with Crippen molar-refractivity contribution in [3.63, 3.8) is 0 Å². The first-order chi connectivity index (χ1) is 8.58. The van der Waals surface area contributed by atoms with E-state index < -0.39 is 11.9 Å². The van der Waals surface area contributed by atoms with Crippen molar-refractivity contribution in [1.82, 2.24) is 0 Å². The molecular weight excluding hydrogens is 232 g/mol. The molecule has 0 saturated heterocycles. The molecule has 0 unspecified atom stereocenters. The number of rotatable bonds is 2. The average molecular weight is 244 g/mol. The van der Waals surface area contributed by atoms with E-state index in [2.05, 4.69) is 0 Å². The van der Waals surface area contributed by atoms with E-state index in [4.69, 9.17) is 9.47 Å². The van der Waals surface area contributed by atoms with Crippen LogP contribution in [0.15, 0.2) is 36.4 Å². The Balaban J connectivity index is 2.53. The van der Waals surface area contributed by atoms with E-state index in [1.54, 1.807) is 18.2 Å². The van der Waals surface area contributed by atoms with Gasteiger partial charge in [-0.25, -0.2) is 0 Å². The van der Waals surface area contributed by atoms with Gasteiger partial charge >= 0.3 is 11.9 Å². The van der Waals surface area contributed by atoms with Gasteiger partial charge in [-0.1, -0.05) is 30.3 Å². The Morgan fingerprint density at radius 2 is 1.28 bits per heavy atom. The van der Waals surface area contributed by atoms with Gasteiger partial charge in [0.1, 0.15) is 11.5 Å². The van der Waals surface area contributed by atoms with Crippen LogP contribution in [0, 0.1) is 0 Å². The van der Waals surface area contributed by atoms with Gasteiger partial charge in [0, 0.05) is 31.0 Å². The molecule has 0 aliphatic heterocycles. The molecule has 0 amide bonds. The molecule has 0 aromatic heterocycles. The van der Waals surface area contributed by atoms with E-state index in [-0.39, 0.29) is 0 Å². The summed E-state index contributed by atoms with van der Waals surface area (Å²) >= 11 is 0. The SMILES string of the molecule is CC(=O)Oc1cc(OC(C)=O)c2cccccc1-2. The van der Waals surface area contributed by atoms with E-state index in [0.717, 1.165) is 11.1 Å². The van der Waals surface area contributed by atoms with Crippen molar-refractivity contribution >= 4 is 11.9 Å². The minimum absolute atomic E-state index is 0.393. The Hall–Kier alpha value is -2.36. The lowest BCUT2D eigenvalue weighted by molar-refractivity contribution is -0.132. The highest BCUT2D eigenvalue weighted by Crippen LogP contribution is 2.42. The van der Waals surface area contributed by atoms with Crippen molar-refractivity contribution in [3.8, 4) is 22.6 Å². The van der Waals surface area contributed by atoms with Crippen molar-refractivity contribution in [2.45, 2.75) is 13.8 Å². The van der Waals surface area contributed by atoms with Gasteiger partial charge in [0.25, 0.3) is 0 Å². The Bertz CT molecular complexity index is 526. The molecule has 4 nitrogen and oxygen atoms in total. The van der Waals surface area contributed by atoms with Crippen LogP contribution in [0.3, 0.4) is 0 Å². The molecule has 0 N–H and O–H groups in total. The zero-order valence-electron chi connectivity index (χ0n) is 10.1. The minimum atomic E-state index is -0.414. The summed E-state index contributed by atoms with van der Waals surface area (Å²) in [5.41, 5.74) is 1.46. The average Bonchev–Trinajstić information content (AvgIpc) is 2.49. The Morgan fingerprint density at radius 3 is 1.67 bits per heavy atom. The summed E-state index contributed by atoms with van der Waals surface area (Å²) in [6.45, 7) is 2.65. The van der Waals surface area contributed by atoms with Crippen LogP contribution in [0.1, 0.15) is 13.8 Å². The lowest BCUT2D eigenvalue weighted by atomic mass is 10.2. The molecule has 4 heteroatoms. The highest BCUT2D eigenvalue weighted by Gasteiger charge is 2.19. The first-order valence-corrected chi connectivity index (χ1v) is 5.46. The van der Waals surface area contributed by atoms with Crippen LogP contribution in [0.25, 0.3) is 11.1 Å². The fraction of sp³-hybridized carbons (Fsp3) is 0.143. The van der Waals surface area contributed by atoms with Gasteiger partial charge in [-0.15, -0.1) is 0 Å². The van der Waals surface area contributed by atoms with Gasteiger partial charge in [-0.2, -0.15) is 0 Å². The molecule has 2 aliphatic carbocycles. The highest BCUT2D eigenvalue weighted by atomic mass is 16.5. The standard InChI is InChI=1S/C14H12O4/c1-9(15)17-13-8-14(18-10(2)16)12-7-5-3-4-6-11(12)13/h3-8H,1-2H3. The minimum Gasteiger partial charge on any atom is -0.426 e. The summed E-state index contributed by atoms with van der Waals surface area (Å²) in [7, 11) is 0. The van der Waals surface area contributed by atoms with Gasteiger partial charge in [0.05, 0.1) is 0 Å². The maximum Gasteiger partial charge on any atom is 0.308 e. The quantitative estimate of drug-likeness (QED) is 0.762. The third-order valence-electron chi connectivity index (χ3n) is 2.34. The zero-order chi connectivity index (χ0) is 13.1. The van der Waals surface area contributed by atoms with Crippen molar-refractivity contribution in [3.05, 3.63) is 36.4 Å². The van der Waals surface area contributed by atoms with Crippen LogP contribution in [-0.4, -0.2) is 11.9 Å². The monoisotopic (exact) mass is 244 g/mol. The van der Waals surface area contributed by atoms with E-state index in [1.807, 2.05) is 18.2 Å². The fourth-order valence-electron chi connectivity index (χ4n) is 1.73. The van der Waals surface area contributed by atoms with Crippen molar-refractivity contribution in [1.29, 1.82) is 0 Å². The lowest BCUT2D eigenvalue weighted by Gasteiger charge is -2.00. The van der Waals surface area contributed by atoms with Crippen molar-refractivity contribution in [2.24, 2.45) is 0 Å².